The normalized spacial score (nSPS) is 14.2. The Balaban J connectivity index is 1.63. The van der Waals surface area contributed by atoms with Gasteiger partial charge in [-0.15, -0.1) is 23.5 Å². The van der Waals surface area contributed by atoms with E-state index < -0.39 is 22.7 Å². The summed E-state index contributed by atoms with van der Waals surface area (Å²) in [6.07, 6.45) is 3.56. The minimum Gasteiger partial charge on any atom is -0.493 e. The van der Waals surface area contributed by atoms with Crippen LogP contribution in [0, 0.1) is 10.1 Å². The number of nitrogens with one attached hydrogen (secondary N) is 2. The van der Waals surface area contributed by atoms with Crippen molar-refractivity contribution in [3.05, 3.63) is 45.8 Å². The largest absolute Gasteiger partial charge is 0.493 e. The molecule has 252 valence electrons. The number of thioether (sulfide) groups is 2. The lowest BCUT2D eigenvalue weighted by molar-refractivity contribution is -0.385. The van der Waals surface area contributed by atoms with Gasteiger partial charge in [-0.05, 0) is 36.8 Å². The van der Waals surface area contributed by atoms with Gasteiger partial charge in [-0.1, -0.05) is 13.8 Å². The fourth-order valence-electron chi connectivity index (χ4n) is 5.04. The molecule has 1 aromatic carbocycles. The number of aryl methyl sites for hydroxylation is 1. The zero-order valence-electron chi connectivity index (χ0n) is 26.7. The zero-order chi connectivity index (χ0) is 33.8. The highest BCUT2D eigenvalue weighted by molar-refractivity contribution is 8.17. The number of benzene rings is 1. The van der Waals surface area contributed by atoms with Gasteiger partial charge >= 0.3 is 5.97 Å². The summed E-state index contributed by atoms with van der Waals surface area (Å²) in [5.41, 5.74) is 0.200. The number of methoxy groups -OCH3 is 2. The number of amides is 3. The lowest BCUT2D eigenvalue weighted by Gasteiger charge is -2.31. The highest BCUT2D eigenvalue weighted by Gasteiger charge is 2.38. The van der Waals surface area contributed by atoms with Gasteiger partial charge in [0.15, 0.2) is 11.5 Å². The first-order valence-corrected chi connectivity index (χ1v) is 17.0. The second kappa shape index (κ2) is 17.7. The van der Waals surface area contributed by atoms with E-state index in [9.17, 15) is 29.3 Å². The molecule has 46 heavy (non-hydrogen) atoms. The number of likely N-dealkylation sites (tertiary alicyclic amines) is 1. The van der Waals surface area contributed by atoms with Gasteiger partial charge in [0.25, 0.3) is 17.5 Å². The number of nitro groups is 1. The average Bonchev–Trinajstić information content (AvgIpc) is 3.67. The van der Waals surface area contributed by atoms with Gasteiger partial charge in [-0.3, -0.25) is 29.3 Å². The van der Waals surface area contributed by atoms with E-state index in [0.29, 0.717) is 12.2 Å². The van der Waals surface area contributed by atoms with Crippen LogP contribution in [0.1, 0.15) is 60.4 Å². The number of nitro benzene ring substituents is 1. The maximum Gasteiger partial charge on any atom is 0.325 e. The van der Waals surface area contributed by atoms with E-state index >= 15 is 0 Å². The van der Waals surface area contributed by atoms with Crippen molar-refractivity contribution >= 4 is 58.6 Å². The minimum atomic E-state index is -0.596. The molecular formula is C30H41N5O9S2. The Morgan fingerprint density at radius 2 is 1.83 bits per heavy atom. The van der Waals surface area contributed by atoms with Gasteiger partial charge in [-0.2, -0.15) is 0 Å². The van der Waals surface area contributed by atoms with Crippen LogP contribution in [0.15, 0.2) is 24.4 Å². The van der Waals surface area contributed by atoms with Crippen molar-refractivity contribution in [3.8, 4) is 11.5 Å². The summed E-state index contributed by atoms with van der Waals surface area (Å²) in [7, 11) is 4.23. The maximum atomic E-state index is 13.7. The SMILES string of the molecule is CCSC(SCC)[C@@H]1CCCN1C(=O)c1cc(OC)c(OCCCC(=O)Nc2cc(C(=O)NCC(=O)OC)n(C)c2)cc1[N+](=O)[O-]. The van der Waals surface area contributed by atoms with Crippen LogP contribution in [0.4, 0.5) is 11.4 Å². The molecule has 1 fully saturated rings. The van der Waals surface area contributed by atoms with E-state index in [2.05, 4.69) is 29.2 Å². The first-order chi connectivity index (χ1) is 22.0. The maximum absolute atomic E-state index is 13.7. The molecular weight excluding hydrogens is 638 g/mol. The Morgan fingerprint density at radius 3 is 2.46 bits per heavy atom. The predicted molar refractivity (Wildman–Crippen MR) is 177 cm³/mol. The number of anilines is 1. The van der Waals surface area contributed by atoms with E-state index in [1.807, 2.05) is 0 Å². The van der Waals surface area contributed by atoms with Crippen LogP contribution < -0.4 is 20.1 Å². The molecule has 3 rings (SSSR count). The Bertz CT molecular complexity index is 1410. The topological polar surface area (TPSA) is 171 Å². The van der Waals surface area contributed by atoms with Gasteiger partial charge in [0.1, 0.15) is 17.8 Å². The quantitative estimate of drug-likeness (QED) is 0.0812. The van der Waals surface area contributed by atoms with Crippen LogP contribution in [0.25, 0.3) is 0 Å². The number of nitrogens with zero attached hydrogens (tertiary/aromatic N) is 3. The van der Waals surface area contributed by atoms with Crippen molar-refractivity contribution in [1.29, 1.82) is 0 Å². The lowest BCUT2D eigenvalue weighted by atomic mass is 10.1. The lowest BCUT2D eigenvalue weighted by Crippen LogP contribution is -2.41. The third-order valence-corrected chi connectivity index (χ3v) is 9.96. The summed E-state index contributed by atoms with van der Waals surface area (Å²) in [6.45, 7) is 4.44. The highest BCUT2D eigenvalue weighted by atomic mass is 32.2. The highest BCUT2D eigenvalue weighted by Crippen LogP contribution is 2.39. The number of carbonyl (C=O) groups is 4. The minimum absolute atomic E-state index is 0.0266. The van der Waals surface area contributed by atoms with Gasteiger partial charge < -0.3 is 34.3 Å². The van der Waals surface area contributed by atoms with Crippen LogP contribution in [0.3, 0.4) is 0 Å². The Kier molecular flexibility index (Phi) is 14.1. The molecule has 2 N–H and O–H groups in total. The number of ether oxygens (including phenoxy) is 3. The summed E-state index contributed by atoms with van der Waals surface area (Å²) in [5.74, 6) is 0.247. The van der Waals surface area contributed by atoms with Crippen LogP contribution in [-0.2, 0) is 21.4 Å². The Hall–Kier alpha value is -3.92. The number of aromatic nitrogens is 1. The van der Waals surface area contributed by atoms with E-state index in [-0.39, 0.29) is 71.0 Å². The summed E-state index contributed by atoms with van der Waals surface area (Å²) < 4.78 is 17.4. The molecule has 0 spiro atoms. The molecule has 16 heteroatoms. The van der Waals surface area contributed by atoms with Crippen molar-refractivity contribution in [2.75, 3.05) is 50.7 Å². The van der Waals surface area contributed by atoms with E-state index in [0.717, 1.165) is 24.3 Å². The second-order valence-corrected chi connectivity index (χ2v) is 13.4. The molecule has 2 heterocycles. The smallest absolute Gasteiger partial charge is 0.325 e. The molecule has 1 saturated heterocycles. The number of rotatable bonds is 17. The molecule has 0 saturated carbocycles. The first-order valence-electron chi connectivity index (χ1n) is 14.9. The zero-order valence-corrected chi connectivity index (χ0v) is 28.3. The molecule has 0 aliphatic carbocycles. The van der Waals surface area contributed by atoms with E-state index in [4.69, 9.17) is 9.47 Å². The monoisotopic (exact) mass is 679 g/mol. The molecule has 0 unspecified atom stereocenters. The average molecular weight is 680 g/mol. The Labute approximate surface area is 276 Å². The number of carbonyl (C=O) groups excluding carboxylic acids is 4. The van der Waals surface area contributed by atoms with Crippen molar-refractivity contribution in [2.24, 2.45) is 7.05 Å². The third-order valence-electron chi connectivity index (χ3n) is 7.19. The summed E-state index contributed by atoms with van der Waals surface area (Å²) in [6, 6.07) is 4.01. The van der Waals surface area contributed by atoms with Crippen LogP contribution >= 0.6 is 23.5 Å². The summed E-state index contributed by atoms with van der Waals surface area (Å²) in [4.78, 5) is 63.1. The van der Waals surface area contributed by atoms with Gasteiger partial charge in [-0.25, -0.2) is 0 Å². The fourth-order valence-corrected chi connectivity index (χ4v) is 7.91. The number of esters is 1. The van der Waals surface area contributed by atoms with Gasteiger partial charge in [0.05, 0.1) is 48.1 Å². The fraction of sp³-hybridized carbons (Fsp3) is 0.533. The summed E-state index contributed by atoms with van der Waals surface area (Å²) in [5, 5.41) is 17.2. The standard InChI is InChI=1S/C30H41N5O9S2/c1-6-45-30(46-7-2)21-10-8-12-34(21)29(39)20-15-24(42-4)25(16-22(20)35(40)41)44-13-9-11-26(36)32-19-14-23(33(3)18-19)28(38)31-17-27(37)43-5/h14-16,18,21,30H,6-13,17H2,1-5H3,(H,31,38)(H,32,36)/t21-/m0/s1. The molecule has 1 atom stereocenters. The molecule has 1 aliphatic heterocycles. The molecule has 2 aromatic rings. The predicted octanol–water partition coefficient (Wildman–Crippen LogP) is 4.08. The summed E-state index contributed by atoms with van der Waals surface area (Å²) >= 11 is 3.57. The Morgan fingerprint density at radius 1 is 1.11 bits per heavy atom. The van der Waals surface area contributed by atoms with E-state index in [1.54, 1.807) is 41.7 Å². The van der Waals surface area contributed by atoms with Crippen molar-refractivity contribution in [3.63, 3.8) is 0 Å². The second-order valence-electron chi connectivity index (χ2n) is 10.2. The van der Waals surface area contributed by atoms with Crippen molar-refractivity contribution < 1.29 is 38.3 Å². The van der Waals surface area contributed by atoms with Gasteiger partial charge in [0.2, 0.25) is 5.91 Å². The van der Waals surface area contributed by atoms with Crippen LogP contribution in [0.2, 0.25) is 0 Å². The van der Waals surface area contributed by atoms with Crippen molar-refractivity contribution in [2.45, 2.75) is 50.2 Å². The molecule has 0 radical (unpaired) electrons. The molecule has 1 aliphatic rings. The van der Waals surface area contributed by atoms with E-state index in [1.165, 1.54) is 37.0 Å². The first kappa shape index (κ1) is 36.5. The third kappa shape index (κ3) is 9.55. The molecule has 1 aromatic heterocycles. The van der Waals surface area contributed by atoms with Gasteiger partial charge in [0, 0.05) is 32.3 Å². The molecule has 0 bridgehead atoms. The van der Waals surface area contributed by atoms with Crippen molar-refractivity contribution in [1.82, 2.24) is 14.8 Å². The molecule has 3 amide bonds. The molecule has 14 nitrogen and oxygen atoms in total. The van der Waals surface area contributed by atoms with Crippen LogP contribution in [0.5, 0.6) is 11.5 Å². The van der Waals surface area contributed by atoms with Crippen LogP contribution in [-0.4, -0.2) is 94.1 Å². The number of hydrogen-bond donors (Lipinski definition) is 2. The number of hydrogen-bond acceptors (Lipinski definition) is 11.